The molecule has 27 heavy (non-hydrogen) atoms. The van der Waals surface area contributed by atoms with Crippen LogP contribution in [0, 0.1) is 12.8 Å². The molecule has 1 aliphatic carbocycles. The summed E-state index contributed by atoms with van der Waals surface area (Å²) in [5.74, 6) is 0.969. The maximum atomic E-state index is 12.8. The number of primary amides is 1. The molecule has 1 aromatic carbocycles. The predicted molar refractivity (Wildman–Crippen MR) is 109 cm³/mol. The van der Waals surface area contributed by atoms with E-state index in [0.717, 1.165) is 10.8 Å². The van der Waals surface area contributed by atoms with Crippen LogP contribution in [0.4, 0.5) is 5.69 Å². The number of hydrogen-bond acceptors (Lipinski definition) is 4. The van der Waals surface area contributed by atoms with Crippen LogP contribution < -0.4 is 11.1 Å². The Hall–Kier alpha value is -2.34. The number of hydrogen-bond donors (Lipinski definition) is 2. The van der Waals surface area contributed by atoms with Gasteiger partial charge < -0.3 is 11.1 Å². The van der Waals surface area contributed by atoms with Crippen LogP contribution >= 0.6 is 11.8 Å². The zero-order valence-corrected chi connectivity index (χ0v) is 16.3. The third kappa shape index (κ3) is 4.89. The first-order valence-electron chi connectivity index (χ1n) is 9.35. The van der Waals surface area contributed by atoms with Crippen molar-refractivity contribution in [2.75, 3.05) is 11.1 Å². The lowest BCUT2D eigenvalue weighted by Crippen LogP contribution is -2.17. The summed E-state index contributed by atoms with van der Waals surface area (Å²) >= 11 is 1.66. The minimum atomic E-state index is -0.506. The first-order valence-corrected chi connectivity index (χ1v) is 10.3. The Bertz CT molecular complexity index is 832. The molecule has 0 radical (unpaired) electrons. The number of carbonyl (C=O) groups excluding carboxylic acids is 2. The molecule has 0 atom stereocenters. The van der Waals surface area contributed by atoms with Crippen LogP contribution in [0.3, 0.4) is 0 Å². The largest absolute Gasteiger partial charge is 0.366 e. The number of rotatable bonds is 6. The topological polar surface area (TPSA) is 85.1 Å². The van der Waals surface area contributed by atoms with Gasteiger partial charge in [0, 0.05) is 23.2 Å². The zero-order chi connectivity index (χ0) is 19.2. The van der Waals surface area contributed by atoms with Gasteiger partial charge in [0.2, 0.25) is 5.91 Å². The second-order valence-electron chi connectivity index (χ2n) is 6.97. The van der Waals surface area contributed by atoms with Crippen molar-refractivity contribution in [1.29, 1.82) is 0 Å². The molecule has 5 nitrogen and oxygen atoms in total. The molecule has 0 spiro atoms. The fraction of sp³-hybridized carbons (Fsp3) is 0.381. The fourth-order valence-corrected chi connectivity index (χ4v) is 4.64. The van der Waals surface area contributed by atoms with E-state index in [4.69, 9.17) is 5.73 Å². The Morgan fingerprint density at radius 1 is 1.15 bits per heavy atom. The fourth-order valence-electron chi connectivity index (χ4n) is 3.46. The average molecular weight is 384 g/mol. The molecule has 0 aliphatic heterocycles. The van der Waals surface area contributed by atoms with E-state index in [9.17, 15) is 9.59 Å². The van der Waals surface area contributed by atoms with Gasteiger partial charge in [-0.05, 0) is 55.5 Å². The number of nitrogens with one attached hydrogen (secondary N) is 1. The van der Waals surface area contributed by atoms with E-state index in [-0.39, 0.29) is 5.91 Å². The summed E-state index contributed by atoms with van der Waals surface area (Å²) in [7, 11) is 0. The number of benzene rings is 1. The second kappa shape index (κ2) is 9.04. The summed E-state index contributed by atoms with van der Waals surface area (Å²) in [5, 5.41) is 3.65. The van der Waals surface area contributed by atoms with Crippen molar-refractivity contribution < 1.29 is 9.59 Å². The molecule has 0 saturated heterocycles. The van der Waals surface area contributed by atoms with Crippen molar-refractivity contribution in [2.24, 2.45) is 11.7 Å². The van der Waals surface area contributed by atoms with Crippen LogP contribution in [-0.2, 0) is 0 Å². The molecule has 6 heteroatoms. The number of aromatic nitrogens is 1. The van der Waals surface area contributed by atoms with Gasteiger partial charge >= 0.3 is 0 Å². The van der Waals surface area contributed by atoms with Crippen molar-refractivity contribution >= 4 is 29.3 Å². The summed E-state index contributed by atoms with van der Waals surface area (Å²) in [4.78, 5) is 28.8. The Balaban J connectivity index is 1.73. The van der Waals surface area contributed by atoms with Gasteiger partial charge in [-0.3, -0.25) is 9.59 Å². The smallest absolute Gasteiger partial charge is 0.258 e. The predicted octanol–water partition coefficient (Wildman–Crippen LogP) is 4.41. The SMILES string of the molecule is Cc1c(NC(=O)c2cccnc2SCC2CCCCC2)cccc1C(N)=O. The lowest BCUT2D eigenvalue weighted by atomic mass is 9.91. The Kier molecular flexibility index (Phi) is 6.50. The maximum Gasteiger partial charge on any atom is 0.258 e. The average Bonchev–Trinajstić information content (AvgIpc) is 2.68. The third-order valence-electron chi connectivity index (χ3n) is 5.04. The molecule has 1 aromatic heterocycles. The molecular weight excluding hydrogens is 358 g/mol. The highest BCUT2D eigenvalue weighted by molar-refractivity contribution is 7.99. The third-order valence-corrected chi connectivity index (χ3v) is 6.28. The number of carbonyl (C=O) groups is 2. The number of nitrogens with two attached hydrogens (primary N) is 1. The molecule has 0 bridgehead atoms. The molecule has 3 rings (SSSR count). The highest BCUT2D eigenvalue weighted by Gasteiger charge is 2.18. The van der Waals surface area contributed by atoms with Gasteiger partial charge in [0.1, 0.15) is 5.03 Å². The molecule has 1 fully saturated rings. The molecule has 1 heterocycles. The first-order chi connectivity index (χ1) is 13.1. The van der Waals surface area contributed by atoms with Gasteiger partial charge in [-0.15, -0.1) is 11.8 Å². The van der Waals surface area contributed by atoms with E-state index in [0.29, 0.717) is 28.3 Å². The van der Waals surface area contributed by atoms with Crippen LogP contribution in [0.5, 0.6) is 0 Å². The highest BCUT2D eigenvalue weighted by atomic mass is 32.2. The van der Waals surface area contributed by atoms with Crippen LogP contribution in [0.15, 0.2) is 41.6 Å². The van der Waals surface area contributed by atoms with Crippen LogP contribution in [0.2, 0.25) is 0 Å². The van der Waals surface area contributed by atoms with Gasteiger partial charge in [-0.1, -0.05) is 25.3 Å². The molecule has 1 saturated carbocycles. The number of anilines is 1. The van der Waals surface area contributed by atoms with Gasteiger partial charge in [0.15, 0.2) is 0 Å². The summed E-state index contributed by atoms with van der Waals surface area (Å²) in [5.41, 5.74) is 7.61. The van der Waals surface area contributed by atoms with Crippen LogP contribution in [-0.4, -0.2) is 22.6 Å². The Morgan fingerprint density at radius 3 is 2.63 bits per heavy atom. The zero-order valence-electron chi connectivity index (χ0n) is 15.5. The lowest BCUT2D eigenvalue weighted by Gasteiger charge is -2.21. The van der Waals surface area contributed by atoms with Crippen molar-refractivity contribution in [3.63, 3.8) is 0 Å². The van der Waals surface area contributed by atoms with Crippen molar-refractivity contribution in [1.82, 2.24) is 4.98 Å². The lowest BCUT2D eigenvalue weighted by molar-refractivity contribution is 0.0995. The van der Waals surface area contributed by atoms with Crippen molar-refractivity contribution in [3.05, 3.63) is 53.2 Å². The normalized spacial score (nSPS) is 14.7. The number of amides is 2. The molecule has 2 amide bonds. The van der Waals surface area contributed by atoms with E-state index < -0.39 is 5.91 Å². The summed E-state index contributed by atoms with van der Waals surface area (Å²) < 4.78 is 0. The summed E-state index contributed by atoms with van der Waals surface area (Å²) in [6.07, 6.45) is 8.19. The molecule has 1 aliphatic rings. The van der Waals surface area contributed by atoms with E-state index in [1.165, 1.54) is 32.1 Å². The van der Waals surface area contributed by atoms with Crippen LogP contribution in [0.25, 0.3) is 0 Å². The minimum Gasteiger partial charge on any atom is -0.366 e. The number of pyridine rings is 1. The minimum absolute atomic E-state index is 0.223. The molecular formula is C21H25N3O2S. The summed E-state index contributed by atoms with van der Waals surface area (Å²) in [6, 6.07) is 8.70. The number of nitrogens with zero attached hydrogens (tertiary/aromatic N) is 1. The molecule has 142 valence electrons. The van der Waals surface area contributed by atoms with Crippen molar-refractivity contribution in [2.45, 2.75) is 44.1 Å². The van der Waals surface area contributed by atoms with E-state index in [1.807, 2.05) is 0 Å². The number of thioether (sulfide) groups is 1. The van der Waals surface area contributed by atoms with E-state index in [2.05, 4.69) is 10.3 Å². The maximum absolute atomic E-state index is 12.8. The Labute approximate surface area is 164 Å². The first kappa shape index (κ1) is 19.4. The standard InChI is InChI=1S/C21H25N3O2S/c1-14-16(19(22)25)9-5-11-18(14)24-20(26)17-10-6-12-23-21(17)27-13-15-7-3-2-4-8-15/h5-6,9-12,15H,2-4,7-8,13H2,1H3,(H2,22,25)(H,24,26). The monoisotopic (exact) mass is 383 g/mol. The quantitative estimate of drug-likeness (QED) is 0.724. The summed E-state index contributed by atoms with van der Waals surface area (Å²) in [6.45, 7) is 1.78. The second-order valence-corrected chi connectivity index (χ2v) is 7.98. The highest BCUT2D eigenvalue weighted by Crippen LogP contribution is 2.31. The molecule has 0 unspecified atom stereocenters. The van der Waals surface area contributed by atoms with Crippen LogP contribution in [0.1, 0.15) is 58.4 Å². The van der Waals surface area contributed by atoms with Gasteiger partial charge in [-0.25, -0.2) is 4.98 Å². The van der Waals surface area contributed by atoms with Gasteiger partial charge in [-0.2, -0.15) is 0 Å². The van der Waals surface area contributed by atoms with Gasteiger partial charge in [0.25, 0.3) is 5.91 Å². The molecule has 2 aromatic rings. The Morgan fingerprint density at radius 2 is 1.89 bits per heavy atom. The molecule has 3 N–H and O–H groups in total. The van der Waals surface area contributed by atoms with E-state index >= 15 is 0 Å². The van der Waals surface area contributed by atoms with Crippen molar-refractivity contribution in [3.8, 4) is 0 Å². The van der Waals surface area contributed by atoms with Gasteiger partial charge in [0.05, 0.1) is 5.56 Å². The van der Waals surface area contributed by atoms with E-state index in [1.54, 1.807) is 55.2 Å².